The SMILES string of the molecule is O=C(O)COc1cccc(-c2cccc(Cc3cc(C(c4ccccc4)c4ccccc4)c[nH]c3=O)n2)c1. The molecule has 188 valence electrons. The lowest BCUT2D eigenvalue weighted by Crippen LogP contribution is -2.16. The highest BCUT2D eigenvalue weighted by molar-refractivity contribution is 5.68. The van der Waals surface area contributed by atoms with Crippen LogP contribution < -0.4 is 10.3 Å². The average molecular weight is 503 g/mol. The molecule has 0 amide bonds. The van der Waals surface area contributed by atoms with Gasteiger partial charge in [-0.05, 0) is 47.0 Å². The van der Waals surface area contributed by atoms with Crippen LogP contribution in [0.3, 0.4) is 0 Å². The molecule has 0 atom stereocenters. The third-order valence-electron chi connectivity index (χ3n) is 6.27. The first-order valence-electron chi connectivity index (χ1n) is 12.3. The van der Waals surface area contributed by atoms with Crippen molar-refractivity contribution in [3.8, 4) is 17.0 Å². The summed E-state index contributed by atoms with van der Waals surface area (Å²) in [6.07, 6.45) is 2.16. The number of aromatic amines is 1. The number of hydrogen-bond donors (Lipinski definition) is 2. The Bertz CT molecular complexity index is 1560. The Morgan fingerprint density at radius 3 is 2.18 bits per heavy atom. The molecule has 0 aliphatic heterocycles. The molecule has 2 N–H and O–H groups in total. The molecule has 0 saturated carbocycles. The van der Waals surface area contributed by atoms with Crippen molar-refractivity contribution >= 4 is 5.97 Å². The normalized spacial score (nSPS) is 10.9. The topological polar surface area (TPSA) is 92.3 Å². The summed E-state index contributed by atoms with van der Waals surface area (Å²) in [6, 6.07) is 35.3. The van der Waals surface area contributed by atoms with E-state index < -0.39 is 12.6 Å². The van der Waals surface area contributed by atoms with Crippen molar-refractivity contribution in [2.24, 2.45) is 0 Å². The fourth-order valence-electron chi connectivity index (χ4n) is 4.54. The Labute approximate surface area is 220 Å². The van der Waals surface area contributed by atoms with Crippen molar-refractivity contribution < 1.29 is 14.6 Å². The van der Waals surface area contributed by atoms with Crippen LogP contribution in [0.25, 0.3) is 11.3 Å². The second-order valence-corrected chi connectivity index (χ2v) is 8.94. The van der Waals surface area contributed by atoms with Crippen LogP contribution in [-0.2, 0) is 11.2 Å². The molecule has 3 aromatic carbocycles. The number of carboxylic acid groups (broad SMARTS) is 1. The fourth-order valence-corrected chi connectivity index (χ4v) is 4.54. The van der Waals surface area contributed by atoms with Crippen LogP contribution in [0.2, 0.25) is 0 Å². The van der Waals surface area contributed by atoms with Crippen LogP contribution in [0.1, 0.15) is 33.9 Å². The lowest BCUT2D eigenvalue weighted by atomic mass is 9.85. The lowest BCUT2D eigenvalue weighted by molar-refractivity contribution is -0.139. The molecule has 0 radical (unpaired) electrons. The van der Waals surface area contributed by atoms with Crippen molar-refractivity contribution in [1.29, 1.82) is 0 Å². The highest BCUT2D eigenvalue weighted by atomic mass is 16.5. The van der Waals surface area contributed by atoms with Crippen LogP contribution in [0, 0.1) is 0 Å². The summed E-state index contributed by atoms with van der Waals surface area (Å²) in [4.78, 5) is 31.4. The van der Waals surface area contributed by atoms with E-state index in [-0.39, 0.29) is 11.5 Å². The number of hydrogen-bond acceptors (Lipinski definition) is 4. The Morgan fingerprint density at radius 2 is 1.50 bits per heavy atom. The number of carbonyl (C=O) groups is 1. The number of rotatable bonds is 9. The van der Waals surface area contributed by atoms with E-state index in [1.54, 1.807) is 24.4 Å². The standard InChI is InChI=1S/C32H26N2O4/c35-30(36)21-38-28-15-7-13-24(19-28)29-16-8-14-27(34-29)18-25-17-26(20-33-32(25)37)31(22-9-3-1-4-10-22)23-11-5-2-6-12-23/h1-17,19-20,31H,18,21H2,(H,33,37)(H,35,36). The molecule has 5 rings (SSSR count). The molecule has 0 unspecified atom stereocenters. The molecular weight excluding hydrogens is 476 g/mol. The number of aliphatic carboxylic acids is 1. The number of carboxylic acids is 1. The summed E-state index contributed by atoms with van der Waals surface area (Å²) in [5, 5.41) is 8.88. The van der Waals surface area contributed by atoms with Gasteiger partial charge in [-0.1, -0.05) is 78.9 Å². The molecular formula is C32H26N2O4. The average Bonchev–Trinajstić information content (AvgIpc) is 2.95. The molecule has 0 aliphatic carbocycles. The number of aromatic nitrogens is 2. The molecule has 2 aromatic heterocycles. The van der Waals surface area contributed by atoms with Gasteiger partial charge >= 0.3 is 5.97 Å². The van der Waals surface area contributed by atoms with Crippen molar-refractivity contribution in [3.05, 3.63) is 154 Å². The lowest BCUT2D eigenvalue weighted by Gasteiger charge is -2.19. The molecule has 6 heteroatoms. The molecule has 6 nitrogen and oxygen atoms in total. The van der Waals surface area contributed by atoms with E-state index in [0.29, 0.717) is 23.4 Å². The van der Waals surface area contributed by atoms with Gasteiger partial charge in [-0.15, -0.1) is 0 Å². The Kier molecular flexibility index (Phi) is 7.41. The Morgan fingerprint density at radius 1 is 0.816 bits per heavy atom. The van der Waals surface area contributed by atoms with E-state index in [4.69, 9.17) is 14.8 Å². The second-order valence-electron chi connectivity index (χ2n) is 8.94. The molecule has 38 heavy (non-hydrogen) atoms. The monoisotopic (exact) mass is 502 g/mol. The van der Waals surface area contributed by atoms with Crippen LogP contribution >= 0.6 is 0 Å². The number of ether oxygens (including phenoxy) is 1. The summed E-state index contributed by atoms with van der Waals surface area (Å²) in [6.45, 7) is -0.414. The third-order valence-corrected chi connectivity index (χ3v) is 6.27. The van der Waals surface area contributed by atoms with Gasteiger partial charge in [-0.25, -0.2) is 4.79 Å². The second kappa shape index (κ2) is 11.4. The number of nitrogens with zero attached hydrogens (tertiary/aromatic N) is 1. The molecule has 0 fully saturated rings. The molecule has 0 bridgehead atoms. The Hall–Kier alpha value is -4.97. The highest BCUT2D eigenvalue weighted by Gasteiger charge is 2.18. The van der Waals surface area contributed by atoms with Crippen molar-refractivity contribution in [3.63, 3.8) is 0 Å². The van der Waals surface area contributed by atoms with Crippen LogP contribution in [0.5, 0.6) is 5.75 Å². The van der Waals surface area contributed by atoms with Gasteiger partial charge < -0.3 is 14.8 Å². The first kappa shape index (κ1) is 24.7. The Balaban J connectivity index is 1.45. The maximum atomic E-state index is 12.9. The van der Waals surface area contributed by atoms with Gasteiger partial charge in [0, 0.05) is 35.4 Å². The zero-order valence-corrected chi connectivity index (χ0v) is 20.6. The summed E-state index contributed by atoms with van der Waals surface area (Å²) < 4.78 is 5.31. The maximum Gasteiger partial charge on any atom is 0.341 e. The predicted molar refractivity (Wildman–Crippen MR) is 147 cm³/mol. The molecule has 5 aromatic rings. The van der Waals surface area contributed by atoms with E-state index in [2.05, 4.69) is 29.2 Å². The van der Waals surface area contributed by atoms with E-state index in [1.165, 1.54) is 0 Å². The molecule has 2 heterocycles. The quantitative estimate of drug-likeness (QED) is 0.271. The highest BCUT2D eigenvalue weighted by Crippen LogP contribution is 2.31. The predicted octanol–water partition coefficient (Wildman–Crippen LogP) is 5.67. The van der Waals surface area contributed by atoms with E-state index >= 15 is 0 Å². The number of H-pyrrole nitrogens is 1. The number of nitrogens with one attached hydrogen (secondary N) is 1. The number of benzene rings is 3. The zero-order chi connectivity index (χ0) is 26.3. The first-order chi connectivity index (χ1) is 18.6. The van der Waals surface area contributed by atoms with Crippen LogP contribution in [-0.4, -0.2) is 27.7 Å². The summed E-state index contributed by atoms with van der Waals surface area (Å²) in [5.41, 5.74) is 6.01. The van der Waals surface area contributed by atoms with Crippen LogP contribution in [0.4, 0.5) is 0 Å². The zero-order valence-electron chi connectivity index (χ0n) is 20.6. The summed E-state index contributed by atoms with van der Waals surface area (Å²) >= 11 is 0. The van der Waals surface area contributed by atoms with E-state index in [9.17, 15) is 9.59 Å². The van der Waals surface area contributed by atoms with Gasteiger partial charge in [0.2, 0.25) is 0 Å². The summed E-state index contributed by atoms with van der Waals surface area (Å²) in [5.74, 6) is -0.611. The molecule has 0 aliphatic rings. The van der Waals surface area contributed by atoms with Gasteiger partial charge in [-0.3, -0.25) is 9.78 Å². The minimum atomic E-state index is -1.04. The fraction of sp³-hybridized carbons (Fsp3) is 0.0938. The first-order valence-corrected chi connectivity index (χ1v) is 12.3. The minimum Gasteiger partial charge on any atom is -0.482 e. The van der Waals surface area contributed by atoms with Gasteiger partial charge in [-0.2, -0.15) is 0 Å². The molecule has 0 saturated heterocycles. The largest absolute Gasteiger partial charge is 0.482 e. The van der Waals surface area contributed by atoms with Gasteiger partial charge in [0.25, 0.3) is 5.56 Å². The van der Waals surface area contributed by atoms with Crippen molar-refractivity contribution in [2.45, 2.75) is 12.3 Å². The van der Waals surface area contributed by atoms with E-state index in [0.717, 1.165) is 27.9 Å². The maximum absolute atomic E-state index is 12.9. The van der Waals surface area contributed by atoms with Crippen molar-refractivity contribution in [2.75, 3.05) is 6.61 Å². The van der Waals surface area contributed by atoms with Crippen molar-refractivity contribution in [1.82, 2.24) is 9.97 Å². The minimum absolute atomic E-state index is 0.0270. The smallest absolute Gasteiger partial charge is 0.341 e. The van der Waals surface area contributed by atoms with Crippen LogP contribution in [0.15, 0.2) is 120 Å². The van der Waals surface area contributed by atoms with E-state index in [1.807, 2.05) is 66.7 Å². The third kappa shape index (κ3) is 5.87. The number of pyridine rings is 2. The van der Waals surface area contributed by atoms with Gasteiger partial charge in [0.1, 0.15) is 5.75 Å². The molecule has 0 spiro atoms. The van der Waals surface area contributed by atoms with Gasteiger partial charge in [0.05, 0.1) is 5.69 Å². The summed E-state index contributed by atoms with van der Waals surface area (Å²) in [7, 11) is 0. The van der Waals surface area contributed by atoms with Gasteiger partial charge in [0.15, 0.2) is 6.61 Å².